The standard InChI is InChI=1S/C8H3BrF4N2/c9-7-6(8(11,12)13)14-5-2-1-4(10)3-15(5)7/h1-3H. The van der Waals surface area contributed by atoms with E-state index in [-0.39, 0.29) is 10.3 Å². The van der Waals surface area contributed by atoms with Crippen LogP contribution in [0.15, 0.2) is 22.9 Å². The monoisotopic (exact) mass is 282 g/mol. The molecule has 2 aromatic rings. The van der Waals surface area contributed by atoms with Crippen LogP contribution in [-0.4, -0.2) is 9.38 Å². The first kappa shape index (κ1) is 10.4. The Morgan fingerprint density at radius 2 is 1.93 bits per heavy atom. The molecule has 0 radical (unpaired) electrons. The fourth-order valence-corrected chi connectivity index (χ4v) is 1.77. The minimum atomic E-state index is -4.55. The first-order valence-corrected chi connectivity index (χ1v) is 4.59. The molecule has 0 fully saturated rings. The van der Waals surface area contributed by atoms with Gasteiger partial charge < -0.3 is 0 Å². The molecule has 0 aliphatic rings. The zero-order chi connectivity index (χ0) is 11.2. The molecule has 0 saturated carbocycles. The maximum atomic E-state index is 12.8. The van der Waals surface area contributed by atoms with Gasteiger partial charge >= 0.3 is 6.18 Å². The van der Waals surface area contributed by atoms with Crippen LogP contribution in [0.25, 0.3) is 5.65 Å². The number of nitrogens with zero attached hydrogens (tertiary/aromatic N) is 2. The number of halogens is 5. The summed E-state index contributed by atoms with van der Waals surface area (Å²) in [6.45, 7) is 0. The highest BCUT2D eigenvalue weighted by Crippen LogP contribution is 2.34. The molecule has 0 N–H and O–H groups in total. The lowest BCUT2D eigenvalue weighted by atomic mass is 10.5. The Hall–Kier alpha value is -1.11. The van der Waals surface area contributed by atoms with E-state index in [0.717, 1.165) is 16.7 Å². The molecule has 2 nitrogen and oxygen atoms in total. The summed E-state index contributed by atoms with van der Waals surface area (Å²) in [5.74, 6) is -0.630. The Labute approximate surface area is 89.7 Å². The number of imidazole rings is 1. The third-order valence-electron chi connectivity index (χ3n) is 1.79. The van der Waals surface area contributed by atoms with Gasteiger partial charge in [0.1, 0.15) is 16.1 Å². The average Bonchev–Trinajstić information content (AvgIpc) is 2.43. The molecule has 0 aliphatic heterocycles. The topological polar surface area (TPSA) is 17.3 Å². The van der Waals surface area contributed by atoms with Gasteiger partial charge in [0.05, 0.1) is 0 Å². The highest BCUT2D eigenvalue weighted by Gasteiger charge is 2.37. The molecule has 15 heavy (non-hydrogen) atoms. The van der Waals surface area contributed by atoms with E-state index in [1.54, 1.807) is 0 Å². The molecule has 0 atom stereocenters. The van der Waals surface area contributed by atoms with Crippen molar-refractivity contribution in [2.24, 2.45) is 0 Å². The number of pyridine rings is 1. The van der Waals surface area contributed by atoms with Crippen LogP contribution in [-0.2, 0) is 6.18 Å². The second-order valence-corrected chi connectivity index (χ2v) is 3.58. The van der Waals surface area contributed by atoms with E-state index in [9.17, 15) is 17.6 Å². The second-order valence-electron chi connectivity index (χ2n) is 2.82. The molecule has 0 aliphatic carbocycles. The molecule has 0 amide bonds. The molecule has 0 aromatic carbocycles. The summed E-state index contributed by atoms with van der Waals surface area (Å²) in [5.41, 5.74) is -1.02. The quantitative estimate of drug-likeness (QED) is 0.678. The van der Waals surface area contributed by atoms with Crippen LogP contribution in [0.4, 0.5) is 17.6 Å². The van der Waals surface area contributed by atoms with Gasteiger partial charge in [0, 0.05) is 6.20 Å². The molecule has 80 valence electrons. The van der Waals surface area contributed by atoms with Crippen molar-refractivity contribution in [2.45, 2.75) is 6.18 Å². The lowest BCUT2D eigenvalue weighted by Crippen LogP contribution is -2.06. The van der Waals surface area contributed by atoms with Crippen LogP contribution in [0.5, 0.6) is 0 Å². The molecule has 2 heterocycles. The van der Waals surface area contributed by atoms with Crippen LogP contribution >= 0.6 is 15.9 Å². The Kier molecular flexibility index (Phi) is 2.22. The lowest BCUT2D eigenvalue weighted by Gasteiger charge is -2.01. The molecule has 2 rings (SSSR count). The number of fused-ring (bicyclic) bond motifs is 1. The summed E-state index contributed by atoms with van der Waals surface area (Å²) in [6, 6.07) is 2.23. The van der Waals surface area contributed by atoms with Gasteiger partial charge in [0.2, 0.25) is 0 Å². The Balaban J connectivity index is 2.76. The highest BCUT2D eigenvalue weighted by atomic mass is 79.9. The first-order chi connectivity index (χ1) is 6.89. The number of aromatic nitrogens is 2. The summed E-state index contributed by atoms with van der Waals surface area (Å²) in [4.78, 5) is 3.35. The third-order valence-corrected chi connectivity index (χ3v) is 2.55. The first-order valence-electron chi connectivity index (χ1n) is 3.80. The number of rotatable bonds is 0. The molecular weight excluding hydrogens is 280 g/mol. The van der Waals surface area contributed by atoms with Gasteiger partial charge in [0.15, 0.2) is 5.69 Å². The van der Waals surface area contributed by atoms with Crippen molar-refractivity contribution in [1.82, 2.24) is 9.38 Å². The number of alkyl halides is 3. The lowest BCUT2D eigenvalue weighted by molar-refractivity contribution is -0.141. The summed E-state index contributed by atoms with van der Waals surface area (Å²) in [5, 5.41) is 0. The Morgan fingerprint density at radius 3 is 2.53 bits per heavy atom. The molecule has 2 aromatic heterocycles. The van der Waals surface area contributed by atoms with Crippen LogP contribution < -0.4 is 0 Å². The van der Waals surface area contributed by atoms with E-state index in [4.69, 9.17) is 0 Å². The Morgan fingerprint density at radius 1 is 1.27 bits per heavy atom. The predicted molar refractivity (Wildman–Crippen MR) is 47.9 cm³/mol. The van der Waals surface area contributed by atoms with E-state index >= 15 is 0 Å². The molecule has 0 spiro atoms. The van der Waals surface area contributed by atoms with Gasteiger partial charge in [0.25, 0.3) is 0 Å². The van der Waals surface area contributed by atoms with Crippen molar-refractivity contribution in [3.8, 4) is 0 Å². The highest BCUT2D eigenvalue weighted by molar-refractivity contribution is 9.10. The van der Waals surface area contributed by atoms with Gasteiger partial charge in [-0.3, -0.25) is 4.40 Å². The van der Waals surface area contributed by atoms with Gasteiger partial charge in [-0.05, 0) is 28.1 Å². The van der Waals surface area contributed by atoms with Crippen molar-refractivity contribution in [3.63, 3.8) is 0 Å². The summed E-state index contributed by atoms with van der Waals surface area (Å²) in [7, 11) is 0. The Bertz CT molecular complexity index is 517. The largest absolute Gasteiger partial charge is 0.436 e. The van der Waals surface area contributed by atoms with Crippen molar-refractivity contribution >= 4 is 21.6 Å². The van der Waals surface area contributed by atoms with Crippen molar-refractivity contribution in [2.75, 3.05) is 0 Å². The fourth-order valence-electron chi connectivity index (χ4n) is 1.17. The van der Waals surface area contributed by atoms with E-state index in [0.29, 0.717) is 0 Å². The van der Waals surface area contributed by atoms with E-state index in [2.05, 4.69) is 20.9 Å². The molecule has 7 heteroatoms. The second kappa shape index (κ2) is 3.19. The van der Waals surface area contributed by atoms with E-state index in [1.807, 2.05) is 0 Å². The number of hydrogen-bond donors (Lipinski definition) is 0. The smallest absolute Gasteiger partial charge is 0.291 e. The SMILES string of the molecule is Fc1ccc2nc(C(F)(F)F)c(Br)n2c1. The fraction of sp³-hybridized carbons (Fsp3) is 0.125. The minimum absolute atomic E-state index is 0.0376. The molecular formula is C8H3BrF4N2. The normalized spacial score (nSPS) is 12.3. The number of hydrogen-bond acceptors (Lipinski definition) is 1. The maximum absolute atomic E-state index is 12.8. The minimum Gasteiger partial charge on any atom is -0.291 e. The van der Waals surface area contributed by atoms with Gasteiger partial charge in [-0.15, -0.1) is 0 Å². The summed E-state index contributed by atoms with van der Waals surface area (Å²) < 4.78 is 50.6. The van der Waals surface area contributed by atoms with Gasteiger partial charge in [-0.2, -0.15) is 13.2 Å². The molecule has 0 bridgehead atoms. The summed E-state index contributed by atoms with van der Waals surface area (Å²) >= 11 is 2.74. The molecule has 0 unspecified atom stereocenters. The van der Waals surface area contributed by atoms with Gasteiger partial charge in [-0.1, -0.05) is 0 Å². The maximum Gasteiger partial charge on any atom is 0.436 e. The zero-order valence-electron chi connectivity index (χ0n) is 7.02. The van der Waals surface area contributed by atoms with Crippen molar-refractivity contribution in [1.29, 1.82) is 0 Å². The van der Waals surface area contributed by atoms with Crippen LogP contribution in [0.2, 0.25) is 0 Å². The van der Waals surface area contributed by atoms with E-state index in [1.165, 1.54) is 6.07 Å². The van der Waals surface area contributed by atoms with Crippen LogP contribution in [0, 0.1) is 5.82 Å². The van der Waals surface area contributed by atoms with Crippen molar-refractivity contribution < 1.29 is 17.6 Å². The molecule has 0 saturated heterocycles. The predicted octanol–water partition coefficient (Wildman–Crippen LogP) is 3.25. The summed E-state index contributed by atoms with van der Waals surface area (Å²) in [6.07, 6.45) is -3.62. The van der Waals surface area contributed by atoms with Crippen LogP contribution in [0.1, 0.15) is 5.69 Å². The van der Waals surface area contributed by atoms with Crippen LogP contribution in [0.3, 0.4) is 0 Å². The third kappa shape index (κ3) is 1.71. The van der Waals surface area contributed by atoms with E-state index < -0.39 is 17.7 Å². The van der Waals surface area contributed by atoms with Gasteiger partial charge in [-0.25, -0.2) is 9.37 Å². The zero-order valence-corrected chi connectivity index (χ0v) is 8.60. The van der Waals surface area contributed by atoms with Crippen molar-refractivity contribution in [3.05, 3.63) is 34.4 Å². The average molecular weight is 283 g/mol.